The Morgan fingerprint density at radius 3 is 2.62 bits per heavy atom. The average Bonchev–Trinajstić information content (AvgIpc) is 2.47. The van der Waals surface area contributed by atoms with Crippen LogP contribution in [0.3, 0.4) is 0 Å². The molecule has 0 spiro atoms. The number of carbonyl (C=O) groups excluding carboxylic acids is 1. The van der Waals surface area contributed by atoms with Crippen LogP contribution in [0.5, 0.6) is 0 Å². The second-order valence-corrected chi connectivity index (χ2v) is 5.99. The molecule has 1 heterocycles. The Hall–Kier alpha value is -1.86. The second kappa shape index (κ2) is 7.24. The summed E-state index contributed by atoms with van der Waals surface area (Å²) in [6.45, 7) is 0. The average molecular weight is 367 g/mol. The zero-order valence-electron chi connectivity index (χ0n) is 10.7. The molecule has 2 rings (SSSR count). The van der Waals surface area contributed by atoms with Gasteiger partial charge in [0.25, 0.3) is 0 Å². The smallest absolute Gasteiger partial charge is 0.335 e. The van der Waals surface area contributed by atoms with Gasteiger partial charge in [-0.15, -0.1) is 11.8 Å². The van der Waals surface area contributed by atoms with Crippen molar-refractivity contribution >= 4 is 45.4 Å². The Labute approximate surface area is 133 Å². The summed E-state index contributed by atoms with van der Waals surface area (Å²) in [6.07, 6.45) is 1.35. The standard InChI is InChI=1S/C14H11BrN2O3S/c15-10-1-3-11(4-2-10)21-8-13(18)17-12-7-9(14(19)20)5-6-16-12/h1-7H,8H2,(H,19,20)(H,16,17,18). The van der Waals surface area contributed by atoms with Crippen molar-refractivity contribution in [1.82, 2.24) is 4.98 Å². The minimum atomic E-state index is -1.06. The van der Waals surface area contributed by atoms with Crippen LogP contribution < -0.4 is 5.32 Å². The first-order valence-corrected chi connectivity index (χ1v) is 7.70. The van der Waals surface area contributed by atoms with Crippen LogP contribution in [-0.4, -0.2) is 27.7 Å². The zero-order valence-corrected chi connectivity index (χ0v) is 13.1. The van der Waals surface area contributed by atoms with Gasteiger partial charge in [0.1, 0.15) is 5.82 Å². The Morgan fingerprint density at radius 2 is 1.95 bits per heavy atom. The highest BCUT2D eigenvalue weighted by atomic mass is 79.9. The number of anilines is 1. The van der Waals surface area contributed by atoms with E-state index in [0.717, 1.165) is 9.37 Å². The number of carboxylic acid groups (broad SMARTS) is 1. The molecule has 0 saturated heterocycles. The van der Waals surface area contributed by atoms with E-state index < -0.39 is 5.97 Å². The summed E-state index contributed by atoms with van der Waals surface area (Å²) in [5.41, 5.74) is 0.0841. The number of nitrogens with zero attached hydrogens (tertiary/aromatic N) is 1. The number of hydrogen-bond donors (Lipinski definition) is 2. The predicted octanol–water partition coefficient (Wildman–Crippen LogP) is 3.27. The van der Waals surface area contributed by atoms with Gasteiger partial charge in [-0.25, -0.2) is 9.78 Å². The molecule has 5 nitrogen and oxygen atoms in total. The van der Waals surface area contributed by atoms with Gasteiger partial charge in [-0.05, 0) is 36.4 Å². The van der Waals surface area contributed by atoms with Crippen molar-refractivity contribution in [3.63, 3.8) is 0 Å². The Balaban J connectivity index is 1.91. The summed E-state index contributed by atoms with van der Waals surface area (Å²) in [7, 11) is 0. The van der Waals surface area contributed by atoms with E-state index in [1.54, 1.807) is 0 Å². The van der Waals surface area contributed by atoms with E-state index >= 15 is 0 Å². The number of pyridine rings is 1. The number of aromatic carboxylic acids is 1. The molecule has 1 aromatic heterocycles. The van der Waals surface area contributed by atoms with Crippen molar-refractivity contribution < 1.29 is 14.7 Å². The molecule has 0 radical (unpaired) electrons. The Morgan fingerprint density at radius 1 is 1.24 bits per heavy atom. The first-order chi connectivity index (χ1) is 10.0. The van der Waals surface area contributed by atoms with Crippen molar-refractivity contribution in [2.45, 2.75) is 4.90 Å². The van der Waals surface area contributed by atoms with E-state index in [0.29, 0.717) is 0 Å². The van der Waals surface area contributed by atoms with Crippen molar-refractivity contribution in [3.8, 4) is 0 Å². The molecule has 0 aliphatic carbocycles. The zero-order chi connectivity index (χ0) is 15.2. The van der Waals surface area contributed by atoms with E-state index in [9.17, 15) is 9.59 Å². The first-order valence-electron chi connectivity index (χ1n) is 5.92. The Kier molecular flexibility index (Phi) is 5.35. The van der Waals surface area contributed by atoms with Crippen LogP contribution in [0.2, 0.25) is 0 Å². The fraction of sp³-hybridized carbons (Fsp3) is 0.0714. The maximum absolute atomic E-state index is 11.8. The molecular formula is C14H11BrN2O3S. The highest BCUT2D eigenvalue weighted by Gasteiger charge is 2.08. The summed E-state index contributed by atoms with van der Waals surface area (Å²) in [5.74, 6) is -0.841. The molecule has 1 amide bonds. The van der Waals surface area contributed by atoms with E-state index in [4.69, 9.17) is 5.11 Å². The van der Waals surface area contributed by atoms with Gasteiger partial charge >= 0.3 is 5.97 Å². The van der Waals surface area contributed by atoms with Crippen molar-refractivity contribution in [2.75, 3.05) is 11.1 Å². The molecule has 7 heteroatoms. The predicted molar refractivity (Wildman–Crippen MR) is 84.7 cm³/mol. The van der Waals surface area contributed by atoms with Gasteiger partial charge in [0.05, 0.1) is 11.3 Å². The molecular weight excluding hydrogens is 356 g/mol. The number of thioether (sulfide) groups is 1. The Bertz CT molecular complexity index is 662. The topological polar surface area (TPSA) is 79.3 Å². The van der Waals surface area contributed by atoms with Crippen LogP contribution in [0, 0.1) is 0 Å². The van der Waals surface area contributed by atoms with E-state index in [1.807, 2.05) is 24.3 Å². The number of rotatable bonds is 5. The van der Waals surface area contributed by atoms with Gasteiger partial charge in [-0.1, -0.05) is 15.9 Å². The fourth-order valence-electron chi connectivity index (χ4n) is 1.49. The van der Waals surface area contributed by atoms with Gasteiger partial charge < -0.3 is 10.4 Å². The lowest BCUT2D eigenvalue weighted by Gasteiger charge is -2.05. The SMILES string of the molecule is O=C(CSc1ccc(Br)cc1)Nc1cc(C(=O)O)ccn1. The van der Waals surface area contributed by atoms with Crippen molar-refractivity contribution in [3.05, 3.63) is 52.6 Å². The van der Waals surface area contributed by atoms with Crippen molar-refractivity contribution in [2.24, 2.45) is 0 Å². The van der Waals surface area contributed by atoms with Gasteiger partial charge in [0.2, 0.25) is 5.91 Å². The lowest BCUT2D eigenvalue weighted by atomic mass is 10.2. The van der Waals surface area contributed by atoms with Crippen LogP contribution in [-0.2, 0) is 4.79 Å². The fourth-order valence-corrected chi connectivity index (χ4v) is 2.45. The summed E-state index contributed by atoms with van der Waals surface area (Å²) in [6, 6.07) is 10.3. The summed E-state index contributed by atoms with van der Waals surface area (Å²) >= 11 is 4.73. The summed E-state index contributed by atoms with van der Waals surface area (Å²) in [4.78, 5) is 27.5. The number of carbonyl (C=O) groups is 2. The maximum Gasteiger partial charge on any atom is 0.335 e. The van der Waals surface area contributed by atoms with Crippen LogP contribution in [0.15, 0.2) is 52.0 Å². The molecule has 0 unspecified atom stereocenters. The van der Waals surface area contributed by atoms with Crippen LogP contribution in [0.4, 0.5) is 5.82 Å². The lowest BCUT2D eigenvalue weighted by Crippen LogP contribution is -2.15. The number of amides is 1. The molecule has 2 N–H and O–H groups in total. The van der Waals surface area contributed by atoms with Gasteiger partial charge in [0.15, 0.2) is 0 Å². The highest BCUT2D eigenvalue weighted by Crippen LogP contribution is 2.20. The molecule has 0 atom stereocenters. The van der Waals surface area contributed by atoms with Crippen LogP contribution in [0.1, 0.15) is 10.4 Å². The summed E-state index contributed by atoms with van der Waals surface area (Å²) < 4.78 is 0.978. The molecule has 108 valence electrons. The maximum atomic E-state index is 11.8. The second-order valence-electron chi connectivity index (χ2n) is 4.03. The normalized spacial score (nSPS) is 10.1. The molecule has 21 heavy (non-hydrogen) atoms. The van der Waals surface area contributed by atoms with Gasteiger partial charge in [0, 0.05) is 15.6 Å². The van der Waals surface area contributed by atoms with Gasteiger partial charge in [-0.3, -0.25) is 4.79 Å². The van der Waals surface area contributed by atoms with E-state index in [-0.39, 0.29) is 23.0 Å². The van der Waals surface area contributed by atoms with Crippen molar-refractivity contribution in [1.29, 1.82) is 0 Å². The molecule has 0 bridgehead atoms. The quantitative estimate of drug-likeness (QED) is 0.793. The molecule has 0 aliphatic heterocycles. The van der Waals surface area contributed by atoms with E-state index in [1.165, 1.54) is 30.1 Å². The van der Waals surface area contributed by atoms with Gasteiger partial charge in [-0.2, -0.15) is 0 Å². The third kappa shape index (κ3) is 4.87. The van der Waals surface area contributed by atoms with E-state index in [2.05, 4.69) is 26.2 Å². The number of aromatic nitrogens is 1. The third-order valence-electron chi connectivity index (χ3n) is 2.46. The lowest BCUT2D eigenvalue weighted by molar-refractivity contribution is -0.113. The largest absolute Gasteiger partial charge is 0.478 e. The van der Waals surface area contributed by atoms with Crippen LogP contribution in [0.25, 0.3) is 0 Å². The number of halogens is 1. The first kappa shape index (κ1) is 15.5. The molecule has 0 saturated carbocycles. The third-order valence-corrected chi connectivity index (χ3v) is 4.00. The molecule has 1 aromatic carbocycles. The van der Waals surface area contributed by atoms with Crippen LogP contribution >= 0.6 is 27.7 Å². The molecule has 0 aliphatic rings. The monoisotopic (exact) mass is 366 g/mol. The summed E-state index contributed by atoms with van der Waals surface area (Å²) in [5, 5.41) is 11.4. The molecule has 0 fully saturated rings. The molecule has 2 aromatic rings. The number of nitrogens with one attached hydrogen (secondary N) is 1. The number of hydrogen-bond acceptors (Lipinski definition) is 4. The minimum absolute atomic E-state index is 0.0841. The number of carboxylic acids is 1. The minimum Gasteiger partial charge on any atom is -0.478 e. The number of benzene rings is 1. The highest BCUT2D eigenvalue weighted by molar-refractivity contribution is 9.10.